The number of carbonyl (C=O) groups is 2. The number of aryl methyl sites for hydroxylation is 1. The number of amides is 2. The van der Waals surface area contributed by atoms with Gasteiger partial charge in [0, 0.05) is 6.54 Å². The van der Waals surface area contributed by atoms with Crippen LogP contribution in [0, 0.1) is 12.7 Å². The number of anilines is 1. The van der Waals surface area contributed by atoms with Gasteiger partial charge in [-0.25, -0.2) is 4.39 Å². The zero-order chi connectivity index (χ0) is 20.1. The molecule has 0 aliphatic heterocycles. The number of benzene rings is 2. The highest BCUT2D eigenvalue weighted by molar-refractivity contribution is 7.18. The van der Waals surface area contributed by atoms with Crippen molar-refractivity contribution in [2.45, 2.75) is 13.3 Å². The lowest BCUT2D eigenvalue weighted by Crippen LogP contribution is -2.25. The molecule has 7 heteroatoms. The maximum atomic E-state index is 13.6. The van der Waals surface area contributed by atoms with Crippen LogP contribution in [0.5, 0.6) is 0 Å². The van der Waals surface area contributed by atoms with Crippen LogP contribution < -0.4 is 10.6 Å². The van der Waals surface area contributed by atoms with Crippen LogP contribution in [0.1, 0.15) is 31.2 Å². The van der Waals surface area contributed by atoms with E-state index in [0.717, 1.165) is 5.56 Å². The minimum Gasteiger partial charge on any atom is -0.351 e. The Morgan fingerprint density at radius 3 is 2.54 bits per heavy atom. The van der Waals surface area contributed by atoms with E-state index in [2.05, 4.69) is 10.6 Å². The predicted octanol–water partition coefficient (Wildman–Crippen LogP) is 5.07. The molecule has 0 atom stereocenters. The lowest BCUT2D eigenvalue weighted by molar-refractivity contribution is 0.0956. The monoisotopic (exact) mass is 416 g/mol. The molecule has 144 valence electrons. The van der Waals surface area contributed by atoms with Crippen LogP contribution >= 0.6 is 22.9 Å². The molecule has 1 aromatic heterocycles. The molecule has 3 rings (SSSR count). The molecule has 0 aliphatic carbocycles. The second-order valence-corrected chi connectivity index (χ2v) is 7.61. The van der Waals surface area contributed by atoms with Crippen molar-refractivity contribution in [2.75, 3.05) is 11.9 Å². The molecule has 0 fully saturated rings. The number of carbonyl (C=O) groups excluding carboxylic acids is 2. The normalized spacial score (nSPS) is 10.5. The number of hydrogen-bond acceptors (Lipinski definition) is 3. The molecule has 4 nitrogen and oxygen atoms in total. The third kappa shape index (κ3) is 4.77. The molecule has 0 saturated heterocycles. The Morgan fingerprint density at radius 1 is 1.07 bits per heavy atom. The zero-order valence-electron chi connectivity index (χ0n) is 15.1. The first-order valence-corrected chi connectivity index (χ1v) is 9.83. The van der Waals surface area contributed by atoms with E-state index in [0.29, 0.717) is 39.0 Å². The molecule has 0 aliphatic rings. The SMILES string of the molecule is Cc1cc(NC(=O)c2ccccc2Cl)sc1C(=O)NCCc1ccccc1F. The van der Waals surface area contributed by atoms with E-state index in [1.165, 1.54) is 17.4 Å². The number of rotatable bonds is 6. The Balaban J connectivity index is 1.61. The summed E-state index contributed by atoms with van der Waals surface area (Å²) in [6, 6.07) is 15.0. The van der Waals surface area contributed by atoms with Crippen molar-refractivity contribution in [3.05, 3.63) is 87.0 Å². The highest BCUT2D eigenvalue weighted by atomic mass is 35.5. The van der Waals surface area contributed by atoms with Crippen LogP contribution in [0.3, 0.4) is 0 Å². The van der Waals surface area contributed by atoms with Crippen molar-refractivity contribution < 1.29 is 14.0 Å². The minimum absolute atomic E-state index is 0.253. The summed E-state index contributed by atoms with van der Waals surface area (Å²) in [7, 11) is 0. The average molecular weight is 417 g/mol. The summed E-state index contributed by atoms with van der Waals surface area (Å²) in [6.45, 7) is 2.12. The Morgan fingerprint density at radius 2 is 1.79 bits per heavy atom. The van der Waals surface area contributed by atoms with E-state index in [9.17, 15) is 14.0 Å². The molecule has 0 spiro atoms. The van der Waals surface area contributed by atoms with Crippen LogP contribution in [-0.2, 0) is 6.42 Å². The quantitative estimate of drug-likeness (QED) is 0.589. The molecule has 2 amide bonds. The smallest absolute Gasteiger partial charge is 0.261 e. The molecule has 2 aromatic carbocycles. The van der Waals surface area contributed by atoms with Gasteiger partial charge >= 0.3 is 0 Å². The van der Waals surface area contributed by atoms with E-state index in [4.69, 9.17) is 11.6 Å². The van der Waals surface area contributed by atoms with Crippen molar-refractivity contribution in [3.8, 4) is 0 Å². The Hall–Kier alpha value is -2.70. The predicted molar refractivity (Wildman–Crippen MR) is 111 cm³/mol. The largest absolute Gasteiger partial charge is 0.351 e. The van der Waals surface area contributed by atoms with Crippen molar-refractivity contribution >= 4 is 39.8 Å². The fourth-order valence-corrected chi connectivity index (χ4v) is 3.89. The lowest BCUT2D eigenvalue weighted by atomic mass is 10.1. The van der Waals surface area contributed by atoms with Crippen LogP contribution in [0.15, 0.2) is 54.6 Å². The van der Waals surface area contributed by atoms with E-state index in [1.54, 1.807) is 55.5 Å². The lowest BCUT2D eigenvalue weighted by Gasteiger charge is -2.06. The van der Waals surface area contributed by atoms with Gasteiger partial charge in [0.2, 0.25) is 0 Å². The second-order valence-electron chi connectivity index (χ2n) is 6.15. The summed E-state index contributed by atoms with van der Waals surface area (Å²) in [6.07, 6.45) is 0.402. The third-order valence-corrected chi connectivity index (χ3v) is 5.60. The molecule has 2 N–H and O–H groups in total. The molecular formula is C21H18ClFN2O2S. The standard InChI is InChI=1S/C21H18ClFN2O2S/c1-13-12-18(25-20(26)15-7-3-4-8-16(15)22)28-19(13)21(27)24-11-10-14-6-2-5-9-17(14)23/h2-9,12H,10-11H2,1H3,(H,24,27)(H,25,26). The van der Waals surface area contributed by atoms with Gasteiger partial charge in [-0.15, -0.1) is 11.3 Å². The van der Waals surface area contributed by atoms with Crippen molar-refractivity contribution in [2.24, 2.45) is 0 Å². The van der Waals surface area contributed by atoms with Gasteiger partial charge < -0.3 is 10.6 Å². The molecular weight excluding hydrogens is 399 g/mol. The van der Waals surface area contributed by atoms with Gasteiger partial charge in [-0.05, 0) is 48.7 Å². The first-order valence-electron chi connectivity index (χ1n) is 8.63. The molecule has 28 heavy (non-hydrogen) atoms. The number of halogens is 2. The van der Waals surface area contributed by atoms with Gasteiger partial charge in [0.15, 0.2) is 0 Å². The minimum atomic E-state index is -0.335. The maximum Gasteiger partial charge on any atom is 0.261 e. The topological polar surface area (TPSA) is 58.2 Å². The fourth-order valence-electron chi connectivity index (χ4n) is 2.69. The average Bonchev–Trinajstić information content (AvgIpc) is 3.03. The van der Waals surface area contributed by atoms with Crippen LogP contribution in [0.25, 0.3) is 0 Å². The van der Waals surface area contributed by atoms with Crippen molar-refractivity contribution in [1.29, 1.82) is 0 Å². The first-order chi connectivity index (χ1) is 13.5. The Labute approximate surface area is 171 Å². The summed E-state index contributed by atoms with van der Waals surface area (Å²) in [5, 5.41) is 6.48. The summed E-state index contributed by atoms with van der Waals surface area (Å²) < 4.78 is 13.6. The van der Waals surface area contributed by atoms with Gasteiger partial charge in [-0.2, -0.15) is 0 Å². The number of hydrogen-bond donors (Lipinski definition) is 2. The Bertz CT molecular complexity index is 1020. The van der Waals surface area contributed by atoms with Gasteiger partial charge in [0.1, 0.15) is 5.82 Å². The maximum absolute atomic E-state index is 13.6. The van der Waals surface area contributed by atoms with Gasteiger partial charge in [0.25, 0.3) is 11.8 Å². The van der Waals surface area contributed by atoms with Gasteiger partial charge in [-0.1, -0.05) is 41.9 Å². The molecule has 3 aromatic rings. The first kappa shape index (κ1) is 20.0. The van der Waals surface area contributed by atoms with Crippen LogP contribution in [-0.4, -0.2) is 18.4 Å². The van der Waals surface area contributed by atoms with Crippen molar-refractivity contribution in [3.63, 3.8) is 0 Å². The summed E-state index contributed by atoms with van der Waals surface area (Å²) in [4.78, 5) is 25.3. The number of nitrogens with one attached hydrogen (secondary N) is 2. The van der Waals surface area contributed by atoms with Crippen molar-refractivity contribution in [1.82, 2.24) is 5.32 Å². The summed E-state index contributed by atoms with van der Waals surface area (Å²) >= 11 is 7.23. The Kier molecular flexibility index (Phi) is 6.44. The van der Waals surface area contributed by atoms with E-state index < -0.39 is 0 Å². The molecule has 0 saturated carbocycles. The molecule has 1 heterocycles. The van der Waals surface area contributed by atoms with Crippen LogP contribution in [0.4, 0.5) is 9.39 Å². The van der Waals surface area contributed by atoms with Gasteiger partial charge in [0.05, 0.1) is 20.5 Å². The fraction of sp³-hybridized carbons (Fsp3) is 0.143. The highest BCUT2D eigenvalue weighted by Gasteiger charge is 2.16. The zero-order valence-corrected chi connectivity index (χ0v) is 16.7. The molecule has 0 bridgehead atoms. The van der Waals surface area contributed by atoms with Gasteiger partial charge in [-0.3, -0.25) is 9.59 Å². The summed E-state index contributed by atoms with van der Waals surface area (Å²) in [5.74, 6) is -0.871. The highest BCUT2D eigenvalue weighted by Crippen LogP contribution is 2.27. The third-order valence-electron chi connectivity index (χ3n) is 4.12. The number of thiophene rings is 1. The molecule has 0 radical (unpaired) electrons. The second kappa shape index (κ2) is 8.99. The summed E-state index contributed by atoms with van der Waals surface area (Å²) in [5.41, 5.74) is 1.67. The van der Waals surface area contributed by atoms with E-state index in [1.807, 2.05) is 0 Å². The van der Waals surface area contributed by atoms with E-state index >= 15 is 0 Å². The van der Waals surface area contributed by atoms with Crippen LogP contribution in [0.2, 0.25) is 5.02 Å². The molecule has 0 unspecified atom stereocenters. The van der Waals surface area contributed by atoms with E-state index in [-0.39, 0.29) is 17.6 Å².